The van der Waals surface area contributed by atoms with E-state index in [-0.39, 0.29) is 11.9 Å². The highest BCUT2D eigenvalue weighted by Crippen LogP contribution is 2.67. The number of carbonyl (C=O) groups is 1. The molecular formula is C44H59BrO3. The average molecular weight is 716 g/mol. The zero-order valence-corrected chi connectivity index (χ0v) is 31.8. The lowest BCUT2D eigenvalue weighted by molar-refractivity contribution is -0.0559. The van der Waals surface area contributed by atoms with Gasteiger partial charge in [0.15, 0.2) is 5.78 Å². The molecule has 0 amide bonds. The maximum atomic E-state index is 12.9. The Morgan fingerprint density at radius 2 is 1.67 bits per heavy atom. The zero-order chi connectivity index (χ0) is 33.9. The van der Waals surface area contributed by atoms with Crippen molar-refractivity contribution in [3.8, 4) is 11.5 Å². The number of alkyl halides is 1. The van der Waals surface area contributed by atoms with E-state index in [0.717, 1.165) is 70.7 Å². The molecular weight excluding hydrogens is 656 g/mol. The molecule has 0 heterocycles. The number of carbonyl (C=O) groups excluding carboxylic acids is 1. The van der Waals surface area contributed by atoms with Crippen molar-refractivity contribution in [3.63, 3.8) is 0 Å². The van der Waals surface area contributed by atoms with Crippen molar-refractivity contribution in [3.05, 3.63) is 77.4 Å². The Balaban J connectivity index is 1.03. The first-order valence-corrected chi connectivity index (χ1v) is 20.2. The fourth-order valence-corrected chi connectivity index (χ4v) is 10.9. The lowest BCUT2D eigenvalue weighted by Crippen LogP contribution is -2.51. The van der Waals surface area contributed by atoms with Crippen molar-refractivity contribution < 1.29 is 14.3 Å². The van der Waals surface area contributed by atoms with Crippen LogP contribution in [-0.4, -0.2) is 23.8 Å². The second-order valence-electron chi connectivity index (χ2n) is 16.6. The molecule has 0 spiro atoms. The van der Waals surface area contributed by atoms with Crippen LogP contribution in [0, 0.1) is 46.3 Å². The number of hydrogen-bond acceptors (Lipinski definition) is 3. The Kier molecular flexibility index (Phi) is 11.3. The molecule has 4 aliphatic rings. The molecule has 0 bridgehead atoms. The number of hydrogen-bond donors (Lipinski definition) is 0. The highest BCUT2D eigenvalue weighted by Gasteiger charge is 2.59. The molecule has 4 unspecified atom stereocenters. The van der Waals surface area contributed by atoms with E-state index < -0.39 is 0 Å². The van der Waals surface area contributed by atoms with Crippen LogP contribution in [0.2, 0.25) is 0 Å². The van der Waals surface area contributed by atoms with Crippen LogP contribution in [0.4, 0.5) is 0 Å². The Bertz CT molecular complexity index is 1440. The van der Waals surface area contributed by atoms with E-state index in [1.54, 1.807) is 11.6 Å². The van der Waals surface area contributed by atoms with Crippen LogP contribution in [0.15, 0.2) is 66.3 Å². The number of fused-ring (bicyclic) bond motifs is 5. The van der Waals surface area contributed by atoms with Crippen LogP contribution in [0.5, 0.6) is 11.5 Å². The van der Waals surface area contributed by atoms with Gasteiger partial charge in [-0.15, -0.1) is 0 Å². The quantitative estimate of drug-likeness (QED) is 0.0896. The molecule has 0 radical (unpaired) electrons. The van der Waals surface area contributed by atoms with Crippen LogP contribution >= 0.6 is 15.9 Å². The lowest BCUT2D eigenvalue weighted by atomic mass is 9.47. The van der Waals surface area contributed by atoms with Gasteiger partial charge in [-0.2, -0.15) is 0 Å². The second kappa shape index (κ2) is 15.3. The van der Waals surface area contributed by atoms with Crippen molar-refractivity contribution >= 4 is 27.8 Å². The van der Waals surface area contributed by atoms with E-state index in [0.29, 0.717) is 23.0 Å². The van der Waals surface area contributed by atoms with Crippen LogP contribution in [-0.2, 0) is 0 Å². The van der Waals surface area contributed by atoms with Gasteiger partial charge in [0, 0.05) is 17.3 Å². The molecule has 2 aromatic rings. The predicted octanol–water partition coefficient (Wildman–Crippen LogP) is 12.1. The highest BCUT2D eigenvalue weighted by molar-refractivity contribution is 9.09. The van der Waals surface area contributed by atoms with Gasteiger partial charge in [-0.05, 0) is 139 Å². The molecule has 0 aliphatic heterocycles. The van der Waals surface area contributed by atoms with Crippen molar-refractivity contribution in [2.75, 3.05) is 11.9 Å². The first-order valence-electron chi connectivity index (χ1n) is 19.1. The van der Waals surface area contributed by atoms with Crippen LogP contribution in [0.25, 0.3) is 6.08 Å². The summed E-state index contributed by atoms with van der Waals surface area (Å²) in [4.78, 5) is 12.9. The fourth-order valence-electron chi connectivity index (χ4n) is 10.7. The lowest BCUT2D eigenvalue weighted by Gasteiger charge is -2.58. The third-order valence-electron chi connectivity index (χ3n) is 13.4. The first-order chi connectivity index (χ1) is 23.1. The molecule has 0 saturated heterocycles. The van der Waals surface area contributed by atoms with E-state index in [4.69, 9.17) is 9.47 Å². The molecule has 0 aromatic heterocycles. The number of ketones is 1. The SMILES string of the molecule is CC(C)CCC[C@@H](C)[C@H]1CCC2C3CC=C4CC(Oc5ccc(C(=O)C=Cc6ccc(OCCBr)cc6)cc5)CC[C@]4(C)C3CC[C@@]21C. The first kappa shape index (κ1) is 35.5. The van der Waals surface area contributed by atoms with Crippen LogP contribution < -0.4 is 9.47 Å². The van der Waals surface area contributed by atoms with Gasteiger partial charge in [0.1, 0.15) is 17.6 Å². The Hall–Kier alpha value is -2.33. The molecule has 3 fully saturated rings. The summed E-state index contributed by atoms with van der Waals surface area (Å²) >= 11 is 3.37. The van der Waals surface area contributed by atoms with E-state index in [9.17, 15) is 4.79 Å². The molecule has 2 aromatic carbocycles. The van der Waals surface area contributed by atoms with Gasteiger partial charge in [0.25, 0.3) is 0 Å². The Labute approximate surface area is 299 Å². The van der Waals surface area contributed by atoms with Gasteiger partial charge in [-0.25, -0.2) is 0 Å². The standard InChI is InChI=1S/C44H59BrO3/c1-30(2)7-6-8-31(3)39-20-21-40-38-19-14-34-29-37(23-25-43(34,4)41(38)24-26-44(39,40)5)48-36-17-12-33(13-18-36)42(46)22-11-32-9-15-35(16-10-32)47-28-27-45/h9-18,22,30-31,37-41H,6-8,19-21,23-29H2,1-5H3/t31-,37?,38?,39-,40?,41?,43+,44-/m1/s1. The van der Waals surface area contributed by atoms with Crippen molar-refractivity contribution in [2.45, 2.75) is 111 Å². The number of ether oxygens (including phenoxy) is 2. The molecule has 3 nitrogen and oxygen atoms in total. The highest BCUT2D eigenvalue weighted by atomic mass is 79.9. The summed E-state index contributed by atoms with van der Waals surface area (Å²) in [6.07, 6.45) is 21.0. The summed E-state index contributed by atoms with van der Waals surface area (Å²) in [6.45, 7) is 13.3. The van der Waals surface area contributed by atoms with Crippen LogP contribution in [0.3, 0.4) is 0 Å². The number of rotatable bonds is 13. The fraction of sp³-hybridized carbons (Fsp3) is 0.614. The minimum atomic E-state index is -0.00531. The Morgan fingerprint density at radius 1 is 0.917 bits per heavy atom. The molecule has 6 rings (SSSR count). The minimum Gasteiger partial charge on any atom is -0.493 e. The third kappa shape index (κ3) is 7.54. The number of benzene rings is 2. The summed E-state index contributed by atoms with van der Waals surface area (Å²) in [5.74, 6) is 6.89. The smallest absolute Gasteiger partial charge is 0.185 e. The average Bonchev–Trinajstić information content (AvgIpc) is 3.44. The molecule has 4 aliphatic carbocycles. The topological polar surface area (TPSA) is 35.5 Å². The predicted molar refractivity (Wildman–Crippen MR) is 203 cm³/mol. The van der Waals surface area contributed by atoms with E-state index in [2.05, 4.69) is 56.6 Å². The van der Waals surface area contributed by atoms with E-state index >= 15 is 0 Å². The third-order valence-corrected chi connectivity index (χ3v) is 13.7. The largest absolute Gasteiger partial charge is 0.493 e. The summed E-state index contributed by atoms with van der Waals surface area (Å²) in [5, 5.41) is 0.796. The number of halogens is 1. The maximum absolute atomic E-state index is 12.9. The maximum Gasteiger partial charge on any atom is 0.185 e. The summed E-state index contributed by atoms with van der Waals surface area (Å²) in [6, 6.07) is 15.5. The van der Waals surface area contributed by atoms with E-state index in [1.165, 1.54) is 57.8 Å². The normalized spacial score (nSPS) is 31.9. The molecule has 260 valence electrons. The molecule has 0 N–H and O–H groups in total. The minimum absolute atomic E-state index is 0.00531. The molecule has 48 heavy (non-hydrogen) atoms. The van der Waals surface area contributed by atoms with Gasteiger partial charge in [0.2, 0.25) is 0 Å². The Morgan fingerprint density at radius 3 is 2.40 bits per heavy atom. The monoisotopic (exact) mass is 714 g/mol. The molecule has 8 atom stereocenters. The summed E-state index contributed by atoms with van der Waals surface area (Å²) in [7, 11) is 0. The number of allylic oxidation sites excluding steroid dienone is 2. The van der Waals surface area contributed by atoms with Crippen molar-refractivity contribution in [2.24, 2.45) is 46.3 Å². The van der Waals surface area contributed by atoms with E-state index in [1.807, 2.05) is 54.6 Å². The zero-order valence-electron chi connectivity index (χ0n) is 30.2. The van der Waals surface area contributed by atoms with Gasteiger partial charge in [-0.1, -0.05) is 99.7 Å². The second-order valence-corrected chi connectivity index (χ2v) is 17.4. The summed E-state index contributed by atoms with van der Waals surface area (Å²) < 4.78 is 12.2. The van der Waals surface area contributed by atoms with Gasteiger partial charge < -0.3 is 9.47 Å². The van der Waals surface area contributed by atoms with Gasteiger partial charge in [-0.3, -0.25) is 4.79 Å². The van der Waals surface area contributed by atoms with Gasteiger partial charge >= 0.3 is 0 Å². The van der Waals surface area contributed by atoms with Gasteiger partial charge in [0.05, 0.1) is 6.61 Å². The van der Waals surface area contributed by atoms with Crippen LogP contribution in [0.1, 0.15) is 121 Å². The molecule has 4 heteroatoms. The van der Waals surface area contributed by atoms with Crippen molar-refractivity contribution in [1.29, 1.82) is 0 Å². The summed E-state index contributed by atoms with van der Waals surface area (Å²) in [5.41, 5.74) is 4.18. The molecule has 3 saturated carbocycles. The van der Waals surface area contributed by atoms with Crippen molar-refractivity contribution in [1.82, 2.24) is 0 Å².